The number of nitrogens with one attached hydrogen (secondary N) is 1. The number of hydrogen-bond donors (Lipinski definition) is 2. The molecule has 0 aromatic heterocycles. The number of sulfonamides is 1. The van der Waals surface area contributed by atoms with Gasteiger partial charge in [-0.1, -0.05) is 18.5 Å². The van der Waals surface area contributed by atoms with Crippen LogP contribution in [0.1, 0.15) is 25.3 Å². The van der Waals surface area contributed by atoms with Gasteiger partial charge in [0.2, 0.25) is 10.0 Å². The van der Waals surface area contributed by atoms with Crippen LogP contribution >= 0.6 is 11.6 Å². The van der Waals surface area contributed by atoms with Crippen LogP contribution in [0.15, 0.2) is 17.0 Å². The van der Waals surface area contributed by atoms with Crippen molar-refractivity contribution >= 4 is 27.3 Å². The number of halogens is 1. The Bertz CT molecular complexity index is 596. The Hall–Kier alpha value is -0.820. The molecule has 1 aliphatic rings. The van der Waals surface area contributed by atoms with Crippen molar-refractivity contribution in [1.29, 1.82) is 0 Å². The van der Waals surface area contributed by atoms with Crippen molar-refractivity contribution in [2.45, 2.75) is 37.7 Å². The van der Waals surface area contributed by atoms with Crippen molar-refractivity contribution in [3.63, 3.8) is 0 Å². The normalized spacial score (nSPS) is 22.6. The lowest BCUT2D eigenvalue weighted by Gasteiger charge is -2.17. The number of nitrogen functional groups attached to an aromatic ring is 1. The minimum Gasteiger partial charge on any atom is -0.397 e. The van der Waals surface area contributed by atoms with E-state index in [-0.39, 0.29) is 22.6 Å². The molecule has 3 N–H and O–H groups in total. The minimum absolute atomic E-state index is 0.129. The molecule has 118 valence electrons. The second-order valence-corrected chi connectivity index (χ2v) is 7.51. The number of ether oxygens (including phenoxy) is 1. The van der Waals surface area contributed by atoms with Crippen molar-refractivity contribution in [1.82, 2.24) is 4.72 Å². The SMILES string of the molecule is CCC1OCCC1CNS(=O)(=O)c1cc(C)c(Cl)c(N)c1. The van der Waals surface area contributed by atoms with Crippen LogP contribution in [0, 0.1) is 12.8 Å². The monoisotopic (exact) mass is 332 g/mol. The van der Waals surface area contributed by atoms with E-state index in [0.29, 0.717) is 23.7 Å². The first kappa shape index (κ1) is 16.5. The molecule has 0 spiro atoms. The lowest BCUT2D eigenvalue weighted by atomic mass is 10.0. The van der Waals surface area contributed by atoms with E-state index >= 15 is 0 Å². The summed E-state index contributed by atoms with van der Waals surface area (Å²) in [7, 11) is -3.59. The predicted octanol–water partition coefficient (Wildman–Crippen LogP) is 2.32. The molecular weight excluding hydrogens is 312 g/mol. The lowest BCUT2D eigenvalue weighted by Crippen LogP contribution is -2.32. The van der Waals surface area contributed by atoms with Crippen molar-refractivity contribution in [2.24, 2.45) is 5.92 Å². The molecule has 0 bridgehead atoms. The first-order chi connectivity index (χ1) is 9.85. The molecule has 1 aliphatic heterocycles. The quantitative estimate of drug-likeness (QED) is 0.811. The minimum atomic E-state index is -3.59. The van der Waals surface area contributed by atoms with Gasteiger partial charge in [-0.25, -0.2) is 13.1 Å². The summed E-state index contributed by atoms with van der Waals surface area (Å²) in [6.45, 7) is 4.84. The number of rotatable bonds is 5. The number of nitrogens with two attached hydrogens (primary N) is 1. The van der Waals surface area contributed by atoms with Crippen molar-refractivity contribution < 1.29 is 13.2 Å². The van der Waals surface area contributed by atoms with Crippen molar-refractivity contribution in [3.05, 3.63) is 22.7 Å². The molecule has 1 aromatic rings. The van der Waals surface area contributed by atoms with Gasteiger partial charge in [0.05, 0.1) is 21.7 Å². The van der Waals surface area contributed by atoms with Gasteiger partial charge in [0.25, 0.3) is 0 Å². The zero-order chi connectivity index (χ0) is 15.6. The first-order valence-corrected chi connectivity index (χ1v) is 8.88. The standard InChI is InChI=1S/C14H21ClN2O3S/c1-3-13-10(4-5-20-13)8-17-21(18,19)11-6-9(2)14(15)12(16)7-11/h6-7,10,13,17H,3-5,8,16H2,1-2H3. The van der Waals surface area contributed by atoms with Crippen LogP contribution in [-0.4, -0.2) is 27.7 Å². The topological polar surface area (TPSA) is 81.4 Å². The average Bonchev–Trinajstić information content (AvgIpc) is 2.89. The van der Waals surface area contributed by atoms with Gasteiger partial charge in [0.1, 0.15) is 0 Å². The third-order valence-corrected chi connectivity index (χ3v) is 5.77. The summed E-state index contributed by atoms with van der Waals surface area (Å²) in [5.41, 5.74) is 6.65. The van der Waals surface area contributed by atoms with Crippen LogP contribution in [0.4, 0.5) is 5.69 Å². The van der Waals surface area contributed by atoms with Gasteiger partial charge in [-0.05, 0) is 37.5 Å². The summed E-state index contributed by atoms with van der Waals surface area (Å²) < 4.78 is 32.9. The van der Waals surface area contributed by atoms with Gasteiger partial charge in [0.15, 0.2) is 0 Å². The van der Waals surface area contributed by atoms with Crippen LogP contribution in [-0.2, 0) is 14.8 Å². The first-order valence-electron chi connectivity index (χ1n) is 7.02. The fraction of sp³-hybridized carbons (Fsp3) is 0.571. The Labute approximate surface area is 130 Å². The smallest absolute Gasteiger partial charge is 0.240 e. The summed E-state index contributed by atoms with van der Waals surface area (Å²) in [5, 5.41) is 0.393. The lowest BCUT2D eigenvalue weighted by molar-refractivity contribution is 0.0884. The maximum Gasteiger partial charge on any atom is 0.240 e. The molecule has 1 aromatic carbocycles. The summed E-state index contributed by atoms with van der Waals surface area (Å²) in [4.78, 5) is 0.147. The average molecular weight is 333 g/mol. The zero-order valence-corrected chi connectivity index (χ0v) is 13.8. The van der Waals surface area contributed by atoms with Crippen LogP contribution < -0.4 is 10.5 Å². The number of benzene rings is 1. The molecule has 2 rings (SSSR count). The highest BCUT2D eigenvalue weighted by molar-refractivity contribution is 7.89. The van der Waals surface area contributed by atoms with E-state index in [0.717, 1.165) is 12.8 Å². The molecule has 7 heteroatoms. The maximum atomic E-state index is 12.3. The van der Waals surface area contributed by atoms with Crippen LogP contribution in [0.5, 0.6) is 0 Å². The Morgan fingerprint density at radius 2 is 2.19 bits per heavy atom. The van der Waals surface area contributed by atoms with Gasteiger partial charge in [-0.15, -0.1) is 0 Å². The molecule has 0 radical (unpaired) electrons. The van der Waals surface area contributed by atoms with Crippen molar-refractivity contribution in [2.75, 3.05) is 18.9 Å². The zero-order valence-electron chi connectivity index (χ0n) is 12.2. The van der Waals surface area contributed by atoms with Gasteiger partial charge in [-0.2, -0.15) is 0 Å². The van der Waals surface area contributed by atoms with Gasteiger partial charge in [-0.3, -0.25) is 0 Å². The summed E-state index contributed by atoms with van der Waals surface area (Å²) in [6, 6.07) is 2.92. The second kappa shape index (κ2) is 6.52. The highest BCUT2D eigenvalue weighted by atomic mass is 35.5. The van der Waals surface area contributed by atoms with E-state index in [1.165, 1.54) is 12.1 Å². The molecule has 0 amide bonds. The highest BCUT2D eigenvalue weighted by Gasteiger charge is 2.28. The molecular formula is C14H21ClN2O3S. The number of anilines is 1. The summed E-state index contributed by atoms with van der Waals surface area (Å²) in [5.74, 6) is 0.218. The van der Waals surface area contributed by atoms with Crippen molar-refractivity contribution in [3.8, 4) is 0 Å². The van der Waals surface area contributed by atoms with Crippen LogP contribution in [0.25, 0.3) is 0 Å². The Morgan fingerprint density at radius 1 is 1.48 bits per heavy atom. The largest absolute Gasteiger partial charge is 0.397 e. The van der Waals surface area contributed by atoms with E-state index in [9.17, 15) is 8.42 Å². The molecule has 1 saturated heterocycles. The molecule has 5 nitrogen and oxygen atoms in total. The van der Waals surface area contributed by atoms with E-state index < -0.39 is 10.0 Å². The van der Waals surface area contributed by atoms with Crippen LogP contribution in [0.3, 0.4) is 0 Å². The summed E-state index contributed by atoms with van der Waals surface area (Å²) in [6.07, 6.45) is 1.90. The molecule has 21 heavy (non-hydrogen) atoms. The predicted molar refractivity (Wildman–Crippen MR) is 83.9 cm³/mol. The highest BCUT2D eigenvalue weighted by Crippen LogP contribution is 2.27. The van der Waals surface area contributed by atoms with E-state index in [4.69, 9.17) is 22.1 Å². The van der Waals surface area contributed by atoms with E-state index in [1.54, 1.807) is 6.92 Å². The molecule has 0 saturated carbocycles. The fourth-order valence-electron chi connectivity index (χ4n) is 2.60. The molecule has 0 aliphatic carbocycles. The van der Waals surface area contributed by atoms with E-state index in [1.807, 2.05) is 6.92 Å². The van der Waals surface area contributed by atoms with Gasteiger partial charge < -0.3 is 10.5 Å². The Kier molecular flexibility index (Phi) is 5.14. The Balaban J connectivity index is 2.12. The van der Waals surface area contributed by atoms with Gasteiger partial charge >= 0.3 is 0 Å². The maximum absolute atomic E-state index is 12.3. The Morgan fingerprint density at radius 3 is 2.81 bits per heavy atom. The number of aryl methyl sites for hydroxylation is 1. The molecule has 2 unspecified atom stereocenters. The molecule has 1 fully saturated rings. The summed E-state index contributed by atoms with van der Waals surface area (Å²) >= 11 is 5.96. The fourth-order valence-corrected chi connectivity index (χ4v) is 3.92. The number of hydrogen-bond acceptors (Lipinski definition) is 4. The second-order valence-electron chi connectivity index (χ2n) is 5.36. The molecule has 2 atom stereocenters. The van der Waals surface area contributed by atoms with Crippen LogP contribution in [0.2, 0.25) is 5.02 Å². The van der Waals surface area contributed by atoms with E-state index in [2.05, 4.69) is 4.72 Å². The third kappa shape index (κ3) is 3.69. The molecule has 1 heterocycles. The van der Waals surface area contributed by atoms with Gasteiger partial charge in [0, 0.05) is 19.1 Å². The third-order valence-electron chi connectivity index (χ3n) is 3.85.